The Morgan fingerprint density at radius 1 is 1.21 bits per heavy atom. The molecule has 0 radical (unpaired) electrons. The number of hydrogen-bond donors (Lipinski definition) is 1. The number of rotatable bonds is 4. The highest BCUT2D eigenvalue weighted by atomic mass is 16.6. The van der Waals surface area contributed by atoms with E-state index in [0.717, 1.165) is 28.9 Å². The van der Waals surface area contributed by atoms with Gasteiger partial charge in [0.1, 0.15) is 11.9 Å². The normalized spacial score (nSPS) is 18.0. The average Bonchev–Trinajstić information content (AvgIpc) is 2.77. The van der Waals surface area contributed by atoms with E-state index in [-0.39, 0.29) is 11.5 Å². The van der Waals surface area contributed by atoms with Gasteiger partial charge in [0.05, 0.1) is 6.61 Å². The first-order valence-corrected chi connectivity index (χ1v) is 8.23. The summed E-state index contributed by atoms with van der Waals surface area (Å²) in [7, 11) is 0. The molecular formula is C20H23NO3. The minimum Gasteiger partial charge on any atom is -0.494 e. The monoisotopic (exact) mass is 325 g/mol. The van der Waals surface area contributed by atoms with Gasteiger partial charge in [-0.2, -0.15) is 0 Å². The van der Waals surface area contributed by atoms with Gasteiger partial charge in [-0.1, -0.05) is 44.2 Å². The fraction of sp³-hybridized carbons (Fsp3) is 0.350. The number of benzene rings is 2. The summed E-state index contributed by atoms with van der Waals surface area (Å²) in [6.07, 6.45) is -0.178. The van der Waals surface area contributed by atoms with Crippen LogP contribution in [0.1, 0.15) is 38.0 Å². The van der Waals surface area contributed by atoms with Crippen LogP contribution in [-0.4, -0.2) is 12.7 Å². The summed E-state index contributed by atoms with van der Waals surface area (Å²) in [6.45, 7) is 6.81. The summed E-state index contributed by atoms with van der Waals surface area (Å²) in [4.78, 5) is 11.2. The van der Waals surface area contributed by atoms with Crippen molar-refractivity contribution in [3.05, 3.63) is 53.6 Å². The molecule has 3 rings (SSSR count). The van der Waals surface area contributed by atoms with Crippen LogP contribution < -0.4 is 10.5 Å². The minimum absolute atomic E-state index is 0.164. The van der Waals surface area contributed by atoms with E-state index < -0.39 is 6.09 Å². The number of carbonyl (C=O) groups is 1. The third-order valence-corrected chi connectivity index (χ3v) is 4.49. The molecule has 0 saturated heterocycles. The van der Waals surface area contributed by atoms with Crippen molar-refractivity contribution in [2.75, 3.05) is 6.61 Å². The number of nitrogens with two attached hydrogens (primary N) is 1. The van der Waals surface area contributed by atoms with Gasteiger partial charge in [0, 0.05) is 5.41 Å². The van der Waals surface area contributed by atoms with Gasteiger partial charge in [-0.05, 0) is 47.7 Å². The third-order valence-electron chi connectivity index (χ3n) is 4.49. The van der Waals surface area contributed by atoms with Crippen molar-refractivity contribution < 1.29 is 14.3 Å². The van der Waals surface area contributed by atoms with E-state index in [1.807, 2.05) is 31.2 Å². The second kappa shape index (κ2) is 6.19. The average molecular weight is 325 g/mol. The van der Waals surface area contributed by atoms with Gasteiger partial charge in [-0.3, -0.25) is 0 Å². The molecule has 0 bridgehead atoms. The molecule has 0 aliphatic heterocycles. The second-order valence-corrected chi connectivity index (χ2v) is 6.86. The van der Waals surface area contributed by atoms with Crippen LogP contribution in [0.3, 0.4) is 0 Å². The highest BCUT2D eigenvalue weighted by Gasteiger charge is 2.41. The molecule has 0 saturated carbocycles. The molecule has 1 amide bonds. The van der Waals surface area contributed by atoms with Crippen LogP contribution in [0.25, 0.3) is 11.1 Å². The maximum absolute atomic E-state index is 11.2. The zero-order chi connectivity index (χ0) is 17.3. The van der Waals surface area contributed by atoms with Crippen molar-refractivity contribution >= 4 is 6.09 Å². The van der Waals surface area contributed by atoms with Crippen molar-refractivity contribution in [2.45, 2.75) is 33.3 Å². The molecule has 4 nitrogen and oxygen atoms in total. The first kappa shape index (κ1) is 16.4. The number of hydrogen-bond acceptors (Lipinski definition) is 3. The molecule has 2 aromatic carbocycles. The van der Waals surface area contributed by atoms with Crippen LogP contribution in [0.4, 0.5) is 4.79 Å². The number of carbonyl (C=O) groups excluding carboxylic acids is 1. The lowest BCUT2D eigenvalue weighted by Gasteiger charge is -2.26. The van der Waals surface area contributed by atoms with Crippen LogP contribution in [-0.2, 0) is 11.2 Å². The van der Waals surface area contributed by atoms with Gasteiger partial charge in [-0.15, -0.1) is 0 Å². The Morgan fingerprint density at radius 2 is 1.96 bits per heavy atom. The first-order valence-electron chi connectivity index (χ1n) is 8.23. The fourth-order valence-electron chi connectivity index (χ4n) is 3.47. The summed E-state index contributed by atoms with van der Waals surface area (Å²) >= 11 is 0. The van der Waals surface area contributed by atoms with Gasteiger partial charge in [0.2, 0.25) is 0 Å². The molecule has 0 heterocycles. The number of ether oxygens (including phenoxy) is 2. The van der Waals surface area contributed by atoms with Crippen LogP contribution in [0, 0.1) is 5.41 Å². The molecular weight excluding hydrogens is 302 g/mol. The molecule has 2 N–H and O–H groups in total. The Kier molecular flexibility index (Phi) is 4.22. The lowest BCUT2D eigenvalue weighted by molar-refractivity contribution is 0.0392. The number of primary amides is 1. The molecule has 2 aromatic rings. The molecule has 1 atom stereocenters. The summed E-state index contributed by atoms with van der Waals surface area (Å²) in [5.74, 6) is 0.866. The van der Waals surface area contributed by atoms with Crippen molar-refractivity contribution in [1.29, 1.82) is 0 Å². The standard InChI is InChI=1S/C20H23NO3/c1-4-23-16-7-5-6-13(11-16)14-8-9-17-15(10-14)12-20(2,3)18(17)24-19(21)22/h5-11,18H,4,12H2,1-3H3,(H2,21,22). The summed E-state index contributed by atoms with van der Waals surface area (Å²) in [6, 6.07) is 14.3. The van der Waals surface area contributed by atoms with E-state index in [9.17, 15) is 4.79 Å². The lowest BCUT2D eigenvalue weighted by atomic mass is 9.87. The zero-order valence-corrected chi connectivity index (χ0v) is 14.3. The van der Waals surface area contributed by atoms with Crippen molar-refractivity contribution in [1.82, 2.24) is 0 Å². The van der Waals surface area contributed by atoms with Crippen LogP contribution in [0.15, 0.2) is 42.5 Å². The molecule has 4 heteroatoms. The summed E-state index contributed by atoms with van der Waals surface area (Å²) in [5, 5.41) is 0. The van der Waals surface area contributed by atoms with E-state index in [2.05, 4.69) is 32.0 Å². The van der Waals surface area contributed by atoms with Crippen molar-refractivity contribution in [3.63, 3.8) is 0 Å². The molecule has 1 aliphatic rings. The zero-order valence-electron chi connectivity index (χ0n) is 14.3. The Bertz CT molecular complexity index is 767. The molecule has 1 aliphatic carbocycles. The Balaban J connectivity index is 1.96. The SMILES string of the molecule is CCOc1cccc(-c2ccc3c(c2)CC(C)(C)C3OC(N)=O)c1. The topological polar surface area (TPSA) is 61.6 Å². The van der Waals surface area contributed by atoms with Crippen LogP contribution >= 0.6 is 0 Å². The van der Waals surface area contributed by atoms with E-state index in [1.165, 1.54) is 5.56 Å². The Hall–Kier alpha value is -2.49. The Morgan fingerprint density at radius 3 is 2.67 bits per heavy atom. The molecule has 24 heavy (non-hydrogen) atoms. The molecule has 126 valence electrons. The smallest absolute Gasteiger partial charge is 0.405 e. The van der Waals surface area contributed by atoms with E-state index in [4.69, 9.17) is 15.2 Å². The van der Waals surface area contributed by atoms with Crippen molar-refractivity contribution in [2.24, 2.45) is 11.1 Å². The maximum Gasteiger partial charge on any atom is 0.405 e. The predicted octanol–water partition coefficient (Wildman–Crippen LogP) is 4.47. The minimum atomic E-state index is -0.727. The van der Waals surface area contributed by atoms with Gasteiger partial charge < -0.3 is 15.2 Å². The van der Waals surface area contributed by atoms with E-state index in [0.29, 0.717) is 6.61 Å². The third kappa shape index (κ3) is 3.09. The molecule has 0 aromatic heterocycles. The maximum atomic E-state index is 11.2. The quantitative estimate of drug-likeness (QED) is 0.902. The second-order valence-electron chi connectivity index (χ2n) is 6.86. The number of amides is 1. The van der Waals surface area contributed by atoms with Crippen LogP contribution in [0.2, 0.25) is 0 Å². The number of fused-ring (bicyclic) bond motifs is 1. The van der Waals surface area contributed by atoms with Gasteiger partial charge in [-0.25, -0.2) is 4.79 Å². The summed E-state index contributed by atoms with van der Waals surface area (Å²) in [5.41, 5.74) is 9.56. The van der Waals surface area contributed by atoms with E-state index in [1.54, 1.807) is 0 Å². The van der Waals surface area contributed by atoms with Gasteiger partial charge in [0.15, 0.2) is 0 Å². The highest BCUT2D eigenvalue weighted by molar-refractivity contribution is 5.68. The summed E-state index contributed by atoms with van der Waals surface area (Å²) < 4.78 is 11.0. The first-order chi connectivity index (χ1) is 11.4. The van der Waals surface area contributed by atoms with Crippen LogP contribution in [0.5, 0.6) is 5.75 Å². The molecule has 0 spiro atoms. The molecule has 0 fully saturated rings. The fourth-order valence-corrected chi connectivity index (χ4v) is 3.47. The van der Waals surface area contributed by atoms with Crippen molar-refractivity contribution in [3.8, 4) is 16.9 Å². The van der Waals surface area contributed by atoms with Gasteiger partial charge >= 0.3 is 6.09 Å². The predicted molar refractivity (Wildman–Crippen MR) is 93.9 cm³/mol. The van der Waals surface area contributed by atoms with Gasteiger partial charge in [0.25, 0.3) is 0 Å². The Labute approximate surface area is 142 Å². The van der Waals surface area contributed by atoms with E-state index >= 15 is 0 Å². The lowest BCUT2D eigenvalue weighted by Crippen LogP contribution is -2.25. The highest BCUT2D eigenvalue weighted by Crippen LogP contribution is 2.48. The largest absolute Gasteiger partial charge is 0.494 e. The molecule has 1 unspecified atom stereocenters.